The zero-order valence-electron chi connectivity index (χ0n) is 13.1. The van der Waals surface area contributed by atoms with E-state index in [4.69, 9.17) is 0 Å². The lowest BCUT2D eigenvalue weighted by atomic mass is 9.71. The number of hydrogen-bond acceptors (Lipinski definition) is 0. The molecule has 0 spiro atoms. The molecule has 0 heteroatoms. The van der Waals surface area contributed by atoms with Crippen LogP contribution in [0.3, 0.4) is 0 Å². The molecular weight excluding hydrogens is 204 g/mol. The standard InChI is InChI=1S/C13H24.2C2H6/c1-11-6-5-9-13(10-11)12-7-3-2-4-8-12;2*1-2/h11-13H,2-10H2,1H3;2*1-2H3. The van der Waals surface area contributed by atoms with E-state index in [2.05, 4.69) is 6.92 Å². The molecule has 2 atom stereocenters. The third-order valence-electron chi connectivity index (χ3n) is 4.29. The van der Waals surface area contributed by atoms with Gasteiger partial charge in [0.2, 0.25) is 0 Å². The van der Waals surface area contributed by atoms with Gasteiger partial charge in [0, 0.05) is 0 Å². The highest BCUT2D eigenvalue weighted by Crippen LogP contribution is 2.39. The smallest absolute Gasteiger partial charge is 0.0383 e. The highest BCUT2D eigenvalue weighted by atomic mass is 14.3. The van der Waals surface area contributed by atoms with Crippen molar-refractivity contribution in [1.82, 2.24) is 0 Å². The van der Waals surface area contributed by atoms with Gasteiger partial charge in [0.05, 0.1) is 0 Å². The summed E-state index contributed by atoms with van der Waals surface area (Å²) >= 11 is 0. The van der Waals surface area contributed by atoms with Crippen LogP contribution in [0.1, 0.15) is 92.4 Å². The Kier molecular flexibility index (Phi) is 11.1. The van der Waals surface area contributed by atoms with Crippen molar-refractivity contribution in [2.24, 2.45) is 17.8 Å². The average Bonchev–Trinajstić information content (AvgIpc) is 2.44. The van der Waals surface area contributed by atoms with Gasteiger partial charge < -0.3 is 0 Å². The van der Waals surface area contributed by atoms with E-state index in [-0.39, 0.29) is 0 Å². The normalized spacial score (nSPS) is 29.5. The fraction of sp³-hybridized carbons (Fsp3) is 1.00. The summed E-state index contributed by atoms with van der Waals surface area (Å²) in [6, 6.07) is 0. The third-order valence-corrected chi connectivity index (χ3v) is 4.29. The lowest BCUT2D eigenvalue weighted by molar-refractivity contribution is 0.166. The molecule has 17 heavy (non-hydrogen) atoms. The molecular formula is C17H36. The summed E-state index contributed by atoms with van der Waals surface area (Å²) in [6.07, 6.45) is 13.8. The van der Waals surface area contributed by atoms with Crippen molar-refractivity contribution in [3.8, 4) is 0 Å². The second kappa shape index (κ2) is 11.1. The van der Waals surface area contributed by atoms with Crippen molar-refractivity contribution in [2.45, 2.75) is 92.4 Å². The maximum Gasteiger partial charge on any atom is -0.0383 e. The van der Waals surface area contributed by atoms with Crippen LogP contribution in [-0.4, -0.2) is 0 Å². The third kappa shape index (κ3) is 6.48. The summed E-state index contributed by atoms with van der Waals surface area (Å²) < 4.78 is 0. The Balaban J connectivity index is 0.000000581. The van der Waals surface area contributed by atoms with Crippen LogP contribution in [0.4, 0.5) is 0 Å². The summed E-state index contributed by atoms with van der Waals surface area (Å²) in [5, 5.41) is 0. The Morgan fingerprint density at radius 2 is 1.12 bits per heavy atom. The molecule has 0 nitrogen and oxygen atoms in total. The molecule has 104 valence electrons. The van der Waals surface area contributed by atoms with Crippen LogP contribution in [0.5, 0.6) is 0 Å². The van der Waals surface area contributed by atoms with Crippen LogP contribution >= 0.6 is 0 Å². The van der Waals surface area contributed by atoms with Crippen molar-refractivity contribution >= 4 is 0 Å². The molecule has 2 saturated carbocycles. The van der Waals surface area contributed by atoms with Crippen LogP contribution in [0.2, 0.25) is 0 Å². The molecule has 0 aromatic rings. The lowest BCUT2D eigenvalue weighted by Gasteiger charge is -2.35. The van der Waals surface area contributed by atoms with Crippen LogP contribution in [-0.2, 0) is 0 Å². The minimum Gasteiger partial charge on any atom is -0.0683 e. The van der Waals surface area contributed by atoms with Crippen molar-refractivity contribution in [3.63, 3.8) is 0 Å². The van der Waals surface area contributed by atoms with Crippen molar-refractivity contribution in [1.29, 1.82) is 0 Å². The summed E-state index contributed by atoms with van der Waals surface area (Å²) in [4.78, 5) is 0. The first-order valence-electron chi connectivity index (χ1n) is 8.36. The summed E-state index contributed by atoms with van der Waals surface area (Å²) in [5.74, 6) is 3.27. The van der Waals surface area contributed by atoms with E-state index in [1.165, 1.54) is 32.1 Å². The first-order valence-corrected chi connectivity index (χ1v) is 8.36. The molecule has 2 fully saturated rings. The Labute approximate surface area is 111 Å². The zero-order valence-corrected chi connectivity index (χ0v) is 13.1. The van der Waals surface area contributed by atoms with E-state index in [1.807, 2.05) is 27.7 Å². The van der Waals surface area contributed by atoms with Gasteiger partial charge in [-0.3, -0.25) is 0 Å². The van der Waals surface area contributed by atoms with E-state index < -0.39 is 0 Å². The molecule has 2 rings (SSSR count). The second-order valence-corrected chi connectivity index (χ2v) is 5.43. The maximum atomic E-state index is 2.45. The largest absolute Gasteiger partial charge is 0.0683 e. The van der Waals surface area contributed by atoms with Gasteiger partial charge in [-0.05, 0) is 24.2 Å². The lowest BCUT2D eigenvalue weighted by Crippen LogP contribution is -2.23. The van der Waals surface area contributed by atoms with Gasteiger partial charge in [-0.15, -0.1) is 0 Å². The molecule has 0 aromatic heterocycles. The highest BCUT2D eigenvalue weighted by Gasteiger charge is 2.27. The summed E-state index contributed by atoms with van der Waals surface area (Å²) in [6.45, 7) is 10.5. The second-order valence-electron chi connectivity index (χ2n) is 5.43. The van der Waals surface area contributed by atoms with Crippen LogP contribution in [0, 0.1) is 17.8 Å². The van der Waals surface area contributed by atoms with Gasteiger partial charge in [0.1, 0.15) is 0 Å². The van der Waals surface area contributed by atoms with Crippen molar-refractivity contribution in [2.75, 3.05) is 0 Å². The first-order chi connectivity index (χ1) is 8.36. The number of rotatable bonds is 1. The van der Waals surface area contributed by atoms with Crippen molar-refractivity contribution < 1.29 is 0 Å². The van der Waals surface area contributed by atoms with E-state index in [0.29, 0.717) is 0 Å². The summed E-state index contributed by atoms with van der Waals surface area (Å²) in [7, 11) is 0. The van der Waals surface area contributed by atoms with Gasteiger partial charge >= 0.3 is 0 Å². The van der Waals surface area contributed by atoms with Gasteiger partial charge in [0.15, 0.2) is 0 Å². The molecule has 0 bridgehead atoms. The van der Waals surface area contributed by atoms with E-state index in [9.17, 15) is 0 Å². The molecule has 0 radical (unpaired) electrons. The fourth-order valence-corrected chi connectivity index (χ4v) is 3.51. The van der Waals surface area contributed by atoms with Gasteiger partial charge in [-0.1, -0.05) is 86.0 Å². The molecule has 2 unspecified atom stereocenters. The van der Waals surface area contributed by atoms with Crippen LogP contribution in [0.15, 0.2) is 0 Å². The highest BCUT2D eigenvalue weighted by molar-refractivity contribution is 4.78. The van der Waals surface area contributed by atoms with Crippen LogP contribution in [0.25, 0.3) is 0 Å². The zero-order chi connectivity index (χ0) is 13.1. The Morgan fingerprint density at radius 1 is 0.588 bits per heavy atom. The molecule has 0 heterocycles. The fourth-order valence-electron chi connectivity index (χ4n) is 3.51. The van der Waals surface area contributed by atoms with Gasteiger partial charge in [-0.25, -0.2) is 0 Å². The Hall–Kier alpha value is 0. The maximum absolute atomic E-state index is 2.45. The average molecular weight is 240 g/mol. The van der Waals surface area contributed by atoms with E-state index in [1.54, 1.807) is 25.7 Å². The van der Waals surface area contributed by atoms with E-state index in [0.717, 1.165) is 17.8 Å². The predicted molar refractivity (Wildman–Crippen MR) is 80.4 cm³/mol. The van der Waals surface area contributed by atoms with Crippen molar-refractivity contribution in [3.05, 3.63) is 0 Å². The minimum absolute atomic E-state index is 1.03. The minimum atomic E-state index is 1.03. The monoisotopic (exact) mass is 240 g/mol. The quantitative estimate of drug-likeness (QED) is 0.494. The van der Waals surface area contributed by atoms with E-state index >= 15 is 0 Å². The van der Waals surface area contributed by atoms with Gasteiger partial charge in [0.25, 0.3) is 0 Å². The number of hydrogen-bond donors (Lipinski definition) is 0. The first kappa shape index (κ1) is 17.0. The molecule has 0 saturated heterocycles. The molecule has 2 aliphatic rings. The molecule has 2 aliphatic carbocycles. The Morgan fingerprint density at radius 3 is 1.65 bits per heavy atom. The Bertz CT molecular complexity index is 144. The SMILES string of the molecule is CC.CC.CC1CCCC(C2CCCCC2)C1. The van der Waals surface area contributed by atoms with Gasteiger partial charge in [-0.2, -0.15) is 0 Å². The van der Waals surface area contributed by atoms with Crippen LogP contribution < -0.4 is 0 Å². The molecule has 0 N–H and O–H groups in total. The predicted octanol–water partition coefficient (Wildman–Crippen LogP) is 6.45. The molecule has 0 aromatic carbocycles. The molecule has 0 amide bonds. The molecule has 0 aliphatic heterocycles. The summed E-state index contributed by atoms with van der Waals surface area (Å²) in [5.41, 5.74) is 0. The topological polar surface area (TPSA) is 0 Å².